The monoisotopic (exact) mass is 316 g/mol. The zero-order valence-corrected chi connectivity index (χ0v) is 13.5. The van der Waals surface area contributed by atoms with E-state index < -0.39 is 5.91 Å². The Kier molecular flexibility index (Phi) is 4.66. The lowest BCUT2D eigenvalue weighted by molar-refractivity contribution is -0.145. The van der Waals surface area contributed by atoms with E-state index in [0.717, 1.165) is 31.2 Å². The van der Waals surface area contributed by atoms with Gasteiger partial charge >= 0.3 is 0 Å². The fourth-order valence-electron chi connectivity index (χ4n) is 3.12. The van der Waals surface area contributed by atoms with Gasteiger partial charge in [-0.05, 0) is 50.3 Å². The Balaban J connectivity index is 1.61. The van der Waals surface area contributed by atoms with Crippen molar-refractivity contribution in [2.45, 2.75) is 51.3 Å². The average Bonchev–Trinajstić information content (AvgIpc) is 3.32. The third-order valence-electron chi connectivity index (χ3n) is 4.71. The lowest BCUT2D eigenvalue weighted by atomic mass is 9.81. The summed E-state index contributed by atoms with van der Waals surface area (Å²) in [5, 5.41) is 0. The molecule has 1 aromatic carbocycles. The molecular formula is C18H24N2O3. The van der Waals surface area contributed by atoms with Gasteiger partial charge in [-0.3, -0.25) is 9.59 Å². The van der Waals surface area contributed by atoms with Gasteiger partial charge in [0, 0.05) is 30.7 Å². The molecule has 23 heavy (non-hydrogen) atoms. The van der Waals surface area contributed by atoms with Crippen LogP contribution < -0.4 is 5.73 Å². The summed E-state index contributed by atoms with van der Waals surface area (Å²) in [6.45, 7) is 3.31. The molecule has 5 heteroatoms. The van der Waals surface area contributed by atoms with Crippen LogP contribution in [-0.4, -0.2) is 35.5 Å². The molecule has 5 nitrogen and oxygen atoms in total. The number of nitrogens with zero attached hydrogens (tertiary/aromatic N) is 1. The lowest BCUT2D eigenvalue weighted by Gasteiger charge is -2.37. The molecule has 124 valence electrons. The molecule has 0 aliphatic heterocycles. The minimum absolute atomic E-state index is 0.108. The number of hydrogen-bond acceptors (Lipinski definition) is 3. The number of nitrogens with two attached hydrogens (primary N) is 1. The summed E-state index contributed by atoms with van der Waals surface area (Å²) in [6, 6.07) is 7.59. The van der Waals surface area contributed by atoms with E-state index in [1.165, 1.54) is 0 Å². The number of amides is 2. The molecule has 0 saturated heterocycles. The van der Waals surface area contributed by atoms with E-state index >= 15 is 0 Å². The molecule has 2 aliphatic carbocycles. The number of benzene rings is 1. The second-order valence-electron chi connectivity index (χ2n) is 6.50. The first kappa shape index (κ1) is 16.0. The van der Waals surface area contributed by atoms with Gasteiger partial charge in [0.2, 0.25) is 11.8 Å². The first-order valence-electron chi connectivity index (χ1n) is 8.39. The second kappa shape index (κ2) is 6.71. The molecule has 1 aromatic rings. The predicted molar refractivity (Wildman–Crippen MR) is 86.7 cm³/mol. The van der Waals surface area contributed by atoms with Crippen molar-refractivity contribution in [3.05, 3.63) is 35.4 Å². The minimum Gasteiger partial charge on any atom is -0.378 e. The Morgan fingerprint density at radius 1 is 1.22 bits per heavy atom. The van der Waals surface area contributed by atoms with Crippen LogP contribution in [0.3, 0.4) is 0 Å². The molecule has 2 N–H and O–H groups in total. The molecule has 2 fully saturated rings. The van der Waals surface area contributed by atoms with Crippen molar-refractivity contribution in [1.82, 2.24) is 4.90 Å². The van der Waals surface area contributed by atoms with E-state index in [0.29, 0.717) is 24.8 Å². The number of ether oxygens (including phenoxy) is 1. The molecule has 2 saturated carbocycles. The normalized spacial score (nSPS) is 23.2. The SMILES string of the molecule is CCOC1CC(C(=O)N(Cc2ccc(C(N)=O)cc2)C2CC2)C1. The number of carbonyl (C=O) groups is 2. The topological polar surface area (TPSA) is 72.6 Å². The summed E-state index contributed by atoms with van der Waals surface area (Å²) in [5.74, 6) is -0.0671. The summed E-state index contributed by atoms with van der Waals surface area (Å²) in [5.41, 5.74) is 6.79. The van der Waals surface area contributed by atoms with E-state index in [9.17, 15) is 9.59 Å². The molecule has 0 heterocycles. The Bertz CT molecular complexity index is 574. The van der Waals surface area contributed by atoms with Crippen molar-refractivity contribution in [2.75, 3.05) is 6.61 Å². The standard InChI is InChI=1S/C18H24N2O3/c1-2-23-16-9-14(10-16)18(22)20(15-7-8-15)11-12-3-5-13(6-4-12)17(19)21/h3-6,14-16H,2,7-11H2,1H3,(H2,19,21). The van der Waals surface area contributed by atoms with Gasteiger partial charge in [0.1, 0.15) is 0 Å². The highest BCUT2D eigenvalue weighted by molar-refractivity contribution is 5.92. The lowest BCUT2D eigenvalue weighted by Crippen LogP contribution is -2.45. The van der Waals surface area contributed by atoms with Gasteiger partial charge in [-0.25, -0.2) is 0 Å². The molecular weight excluding hydrogens is 292 g/mol. The molecule has 0 aromatic heterocycles. The maximum atomic E-state index is 12.7. The van der Waals surface area contributed by atoms with E-state index in [4.69, 9.17) is 10.5 Å². The van der Waals surface area contributed by atoms with Crippen LogP contribution >= 0.6 is 0 Å². The van der Waals surface area contributed by atoms with E-state index in [1.807, 2.05) is 24.0 Å². The van der Waals surface area contributed by atoms with Crippen LogP contribution in [0.15, 0.2) is 24.3 Å². The maximum absolute atomic E-state index is 12.7. The van der Waals surface area contributed by atoms with Crippen LogP contribution in [0, 0.1) is 5.92 Å². The van der Waals surface area contributed by atoms with Crippen molar-refractivity contribution in [3.8, 4) is 0 Å². The average molecular weight is 316 g/mol. The first-order chi connectivity index (χ1) is 11.1. The highest BCUT2D eigenvalue weighted by Gasteiger charge is 2.41. The van der Waals surface area contributed by atoms with Crippen LogP contribution in [0.25, 0.3) is 0 Å². The molecule has 0 bridgehead atoms. The molecule has 0 spiro atoms. The van der Waals surface area contributed by atoms with Crippen molar-refractivity contribution in [2.24, 2.45) is 11.7 Å². The van der Waals surface area contributed by atoms with Gasteiger partial charge in [0.25, 0.3) is 0 Å². The van der Waals surface area contributed by atoms with Gasteiger partial charge in [0.15, 0.2) is 0 Å². The van der Waals surface area contributed by atoms with E-state index in [1.54, 1.807) is 12.1 Å². The Hall–Kier alpha value is -1.88. The van der Waals surface area contributed by atoms with Gasteiger partial charge < -0.3 is 15.4 Å². The quantitative estimate of drug-likeness (QED) is 0.837. The zero-order chi connectivity index (χ0) is 16.4. The molecule has 2 aliphatic rings. The molecule has 0 unspecified atom stereocenters. The summed E-state index contributed by atoms with van der Waals surface area (Å²) >= 11 is 0. The Morgan fingerprint density at radius 2 is 1.87 bits per heavy atom. The zero-order valence-electron chi connectivity index (χ0n) is 13.5. The fourth-order valence-corrected chi connectivity index (χ4v) is 3.12. The maximum Gasteiger partial charge on any atom is 0.248 e. The van der Waals surface area contributed by atoms with Crippen molar-refractivity contribution in [1.29, 1.82) is 0 Å². The van der Waals surface area contributed by atoms with Crippen molar-refractivity contribution < 1.29 is 14.3 Å². The van der Waals surface area contributed by atoms with Gasteiger partial charge in [-0.1, -0.05) is 12.1 Å². The first-order valence-corrected chi connectivity index (χ1v) is 8.39. The van der Waals surface area contributed by atoms with Crippen LogP contribution in [0.4, 0.5) is 0 Å². The predicted octanol–water partition coefficient (Wildman–Crippen LogP) is 2.09. The number of hydrogen-bond donors (Lipinski definition) is 1. The number of carbonyl (C=O) groups excluding carboxylic acids is 2. The highest BCUT2D eigenvalue weighted by Crippen LogP contribution is 2.36. The van der Waals surface area contributed by atoms with E-state index in [-0.39, 0.29) is 17.9 Å². The molecule has 2 amide bonds. The van der Waals surface area contributed by atoms with Crippen LogP contribution in [0.2, 0.25) is 0 Å². The fraction of sp³-hybridized carbons (Fsp3) is 0.556. The third kappa shape index (κ3) is 3.72. The Labute approximate surface area is 136 Å². The van der Waals surface area contributed by atoms with Crippen molar-refractivity contribution in [3.63, 3.8) is 0 Å². The Morgan fingerprint density at radius 3 is 2.39 bits per heavy atom. The van der Waals surface area contributed by atoms with Crippen molar-refractivity contribution >= 4 is 11.8 Å². The number of rotatable bonds is 7. The second-order valence-corrected chi connectivity index (χ2v) is 6.50. The largest absolute Gasteiger partial charge is 0.378 e. The van der Waals surface area contributed by atoms with Gasteiger partial charge in [0.05, 0.1) is 6.10 Å². The van der Waals surface area contributed by atoms with Crippen LogP contribution in [-0.2, 0) is 16.1 Å². The highest BCUT2D eigenvalue weighted by atomic mass is 16.5. The van der Waals surface area contributed by atoms with Gasteiger partial charge in [-0.15, -0.1) is 0 Å². The summed E-state index contributed by atoms with van der Waals surface area (Å²) in [4.78, 5) is 25.9. The van der Waals surface area contributed by atoms with Crippen LogP contribution in [0.5, 0.6) is 0 Å². The minimum atomic E-state index is -0.428. The number of primary amides is 1. The molecule has 0 radical (unpaired) electrons. The smallest absolute Gasteiger partial charge is 0.248 e. The van der Waals surface area contributed by atoms with E-state index in [2.05, 4.69) is 0 Å². The summed E-state index contributed by atoms with van der Waals surface area (Å²) < 4.78 is 5.55. The summed E-state index contributed by atoms with van der Waals surface area (Å²) in [7, 11) is 0. The third-order valence-corrected chi connectivity index (χ3v) is 4.71. The van der Waals surface area contributed by atoms with Gasteiger partial charge in [-0.2, -0.15) is 0 Å². The molecule has 0 atom stereocenters. The van der Waals surface area contributed by atoms with Crippen LogP contribution in [0.1, 0.15) is 48.5 Å². The summed E-state index contributed by atoms with van der Waals surface area (Å²) in [6.07, 6.45) is 4.12. The molecule has 3 rings (SSSR count).